The minimum Gasteiger partial charge on any atom is -0.369 e. The highest BCUT2D eigenvalue weighted by Crippen LogP contribution is 2.35. The molecule has 0 unspecified atom stereocenters. The fourth-order valence-electron chi connectivity index (χ4n) is 1.30. The molecule has 2 rings (SSSR count). The molecule has 0 aliphatic rings. The zero-order chi connectivity index (χ0) is 11.5. The Balaban J connectivity index is 2.61. The summed E-state index contributed by atoms with van der Waals surface area (Å²) in [6, 6.07) is 5.94. The molecule has 2 heterocycles. The third-order valence-electron chi connectivity index (χ3n) is 1.96. The largest absolute Gasteiger partial charge is 0.369 e. The molecule has 16 heavy (non-hydrogen) atoms. The van der Waals surface area contributed by atoms with Gasteiger partial charge in [-0.15, -0.1) is 11.3 Å². The number of hydrogen-bond acceptors (Lipinski definition) is 4. The SMILES string of the molecule is CN(C)C=Nc1c(C#N)sc2ncccc12. The van der Waals surface area contributed by atoms with E-state index in [2.05, 4.69) is 16.0 Å². The molecule has 0 saturated carbocycles. The molecule has 4 nitrogen and oxygen atoms in total. The molecule has 0 atom stereocenters. The van der Waals surface area contributed by atoms with Crippen molar-refractivity contribution in [3.63, 3.8) is 0 Å². The molecule has 2 aromatic rings. The van der Waals surface area contributed by atoms with Crippen molar-refractivity contribution < 1.29 is 0 Å². The number of aliphatic imine (C=N–C) groups is 1. The maximum absolute atomic E-state index is 9.03. The van der Waals surface area contributed by atoms with Crippen LogP contribution in [0.4, 0.5) is 5.69 Å². The zero-order valence-corrected chi connectivity index (χ0v) is 9.82. The molecule has 80 valence electrons. The lowest BCUT2D eigenvalue weighted by molar-refractivity contribution is 0.643. The van der Waals surface area contributed by atoms with Crippen molar-refractivity contribution in [1.29, 1.82) is 5.26 Å². The predicted octanol–water partition coefficient (Wildman–Crippen LogP) is 2.39. The predicted molar refractivity (Wildman–Crippen MR) is 66.2 cm³/mol. The van der Waals surface area contributed by atoms with Crippen LogP contribution in [0, 0.1) is 11.3 Å². The van der Waals surface area contributed by atoms with Gasteiger partial charge in [0.25, 0.3) is 0 Å². The van der Waals surface area contributed by atoms with Gasteiger partial charge in [0.1, 0.15) is 21.5 Å². The van der Waals surface area contributed by atoms with Gasteiger partial charge in [-0.05, 0) is 12.1 Å². The normalized spacial score (nSPS) is 10.8. The monoisotopic (exact) mass is 230 g/mol. The van der Waals surface area contributed by atoms with E-state index in [9.17, 15) is 0 Å². The number of nitriles is 1. The van der Waals surface area contributed by atoms with Crippen LogP contribution in [0.2, 0.25) is 0 Å². The van der Waals surface area contributed by atoms with E-state index < -0.39 is 0 Å². The molecule has 2 aromatic heterocycles. The first-order valence-electron chi connectivity index (χ1n) is 4.70. The summed E-state index contributed by atoms with van der Waals surface area (Å²) in [4.78, 5) is 11.8. The standard InChI is InChI=1S/C11H10N4S/c1-15(2)7-14-10-8-4-3-5-13-11(8)16-9(10)6-12/h3-5,7H,1-2H3. The molecule has 0 fully saturated rings. The van der Waals surface area contributed by atoms with Gasteiger partial charge < -0.3 is 4.90 Å². The van der Waals surface area contributed by atoms with Gasteiger partial charge in [-0.3, -0.25) is 0 Å². The van der Waals surface area contributed by atoms with Crippen LogP contribution in [-0.4, -0.2) is 30.3 Å². The Morgan fingerprint density at radius 2 is 2.38 bits per heavy atom. The van der Waals surface area contributed by atoms with Crippen molar-refractivity contribution in [2.24, 2.45) is 4.99 Å². The summed E-state index contributed by atoms with van der Waals surface area (Å²) in [5.74, 6) is 0. The summed E-state index contributed by atoms with van der Waals surface area (Å²) < 4.78 is 0. The average molecular weight is 230 g/mol. The Hall–Kier alpha value is -1.93. The fourth-order valence-corrected chi connectivity index (χ4v) is 2.18. The van der Waals surface area contributed by atoms with Crippen molar-refractivity contribution >= 4 is 33.6 Å². The second-order valence-electron chi connectivity index (χ2n) is 3.46. The van der Waals surface area contributed by atoms with Gasteiger partial charge in [0.15, 0.2) is 0 Å². The number of fused-ring (bicyclic) bond motifs is 1. The van der Waals surface area contributed by atoms with E-state index in [1.54, 1.807) is 12.5 Å². The third-order valence-corrected chi connectivity index (χ3v) is 2.97. The van der Waals surface area contributed by atoms with E-state index in [1.807, 2.05) is 31.1 Å². The quantitative estimate of drug-likeness (QED) is 0.588. The highest BCUT2D eigenvalue weighted by atomic mass is 32.1. The van der Waals surface area contributed by atoms with E-state index in [4.69, 9.17) is 5.26 Å². The molecule has 0 radical (unpaired) electrons. The number of pyridine rings is 1. The molecule has 0 aliphatic heterocycles. The van der Waals surface area contributed by atoms with E-state index in [0.717, 1.165) is 10.2 Å². The van der Waals surface area contributed by atoms with Crippen LogP contribution in [0.1, 0.15) is 4.88 Å². The first kappa shape index (κ1) is 10.6. The lowest BCUT2D eigenvalue weighted by Crippen LogP contribution is -2.06. The molecule has 0 spiro atoms. The lowest BCUT2D eigenvalue weighted by atomic mass is 10.3. The molecule has 5 heteroatoms. The van der Waals surface area contributed by atoms with Crippen LogP contribution in [0.5, 0.6) is 0 Å². The van der Waals surface area contributed by atoms with Crippen LogP contribution >= 0.6 is 11.3 Å². The Labute approximate surface area is 97.5 Å². The summed E-state index contributed by atoms with van der Waals surface area (Å²) in [6.07, 6.45) is 3.41. The molecule has 0 N–H and O–H groups in total. The van der Waals surface area contributed by atoms with Crippen LogP contribution in [0.15, 0.2) is 23.3 Å². The maximum Gasteiger partial charge on any atom is 0.133 e. The number of hydrogen-bond donors (Lipinski definition) is 0. The van der Waals surface area contributed by atoms with Crippen LogP contribution in [0.3, 0.4) is 0 Å². The van der Waals surface area contributed by atoms with Crippen molar-refractivity contribution in [3.8, 4) is 6.07 Å². The molecule has 0 bridgehead atoms. The molecule has 0 amide bonds. The first-order valence-corrected chi connectivity index (χ1v) is 5.52. The minimum absolute atomic E-state index is 0.604. The summed E-state index contributed by atoms with van der Waals surface area (Å²) in [7, 11) is 3.78. The summed E-state index contributed by atoms with van der Waals surface area (Å²) >= 11 is 1.37. The van der Waals surface area contributed by atoms with E-state index >= 15 is 0 Å². The Bertz CT molecular complexity index is 577. The van der Waals surface area contributed by atoms with Crippen LogP contribution < -0.4 is 0 Å². The fraction of sp³-hybridized carbons (Fsp3) is 0.182. The van der Waals surface area contributed by atoms with Gasteiger partial charge in [-0.25, -0.2) is 9.98 Å². The smallest absolute Gasteiger partial charge is 0.133 e. The van der Waals surface area contributed by atoms with E-state index in [-0.39, 0.29) is 0 Å². The minimum atomic E-state index is 0.604. The van der Waals surface area contributed by atoms with Crippen LogP contribution in [0.25, 0.3) is 10.2 Å². The van der Waals surface area contributed by atoms with Gasteiger partial charge in [-0.2, -0.15) is 5.26 Å². The second kappa shape index (κ2) is 4.29. The van der Waals surface area contributed by atoms with Crippen molar-refractivity contribution in [1.82, 2.24) is 9.88 Å². The van der Waals surface area contributed by atoms with Crippen molar-refractivity contribution in [2.45, 2.75) is 0 Å². The van der Waals surface area contributed by atoms with Gasteiger partial charge in [0.2, 0.25) is 0 Å². The summed E-state index contributed by atoms with van der Waals surface area (Å²) in [5.41, 5.74) is 0.712. The Kier molecular flexibility index (Phi) is 2.84. The summed E-state index contributed by atoms with van der Waals surface area (Å²) in [5, 5.41) is 9.96. The second-order valence-corrected chi connectivity index (χ2v) is 4.45. The van der Waals surface area contributed by atoms with Gasteiger partial charge >= 0.3 is 0 Å². The number of thiophene rings is 1. The van der Waals surface area contributed by atoms with Gasteiger partial charge in [-0.1, -0.05) is 0 Å². The number of nitrogens with zero attached hydrogens (tertiary/aromatic N) is 4. The van der Waals surface area contributed by atoms with E-state index in [1.165, 1.54) is 11.3 Å². The first-order chi connectivity index (χ1) is 7.72. The highest BCUT2D eigenvalue weighted by Gasteiger charge is 2.10. The molecule has 0 saturated heterocycles. The lowest BCUT2D eigenvalue weighted by Gasteiger charge is -2.01. The van der Waals surface area contributed by atoms with Crippen molar-refractivity contribution in [2.75, 3.05) is 14.1 Å². The molecular weight excluding hydrogens is 220 g/mol. The molecule has 0 aliphatic carbocycles. The number of rotatable bonds is 2. The van der Waals surface area contributed by atoms with Gasteiger partial charge in [0.05, 0.1) is 6.34 Å². The maximum atomic E-state index is 9.03. The Morgan fingerprint density at radius 1 is 1.56 bits per heavy atom. The van der Waals surface area contributed by atoms with Crippen LogP contribution in [-0.2, 0) is 0 Å². The van der Waals surface area contributed by atoms with Crippen molar-refractivity contribution in [3.05, 3.63) is 23.2 Å². The highest BCUT2D eigenvalue weighted by molar-refractivity contribution is 7.19. The van der Waals surface area contributed by atoms with E-state index in [0.29, 0.717) is 10.6 Å². The molecular formula is C11H10N4S. The Morgan fingerprint density at radius 3 is 3.06 bits per heavy atom. The molecule has 0 aromatic carbocycles. The summed E-state index contributed by atoms with van der Waals surface area (Å²) in [6.45, 7) is 0. The number of aromatic nitrogens is 1. The zero-order valence-electron chi connectivity index (χ0n) is 9.01. The third kappa shape index (κ3) is 1.88. The topological polar surface area (TPSA) is 52.3 Å². The average Bonchev–Trinajstić information content (AvgIpc) is 2.64. The van der Waals surface area contributed by atoms with Gasteiger partial charge in [0, 0.05) is 25.7 Å².